The molecule has 3 heterocycles. The van der Waals surface area contributed by atoms with Crippen LogP contribution in [0.2, 0.25) is 0 Å². The zero-order valence-electron chi connectivity index (χ0n) is 18.4. The lowest BCUT2D eigenvalue weighted by atomic mass is 10.1. The highest BCUT2D eigenvalue weighted by Gasteiger charge is 2.19. The maximum atomic E-state index is 14.0. The molecule has 4 rings (SSSR count). The average Bonchev–Trinajstić information content (AvgIpc) is 3.06. The molecule has 0 spiro atoms. The SMILES string of the molecule is NC(=O)c1cnc(Nc2ccc(N3CCOCCC3=O)cn2)cc1NCc1c(F)ccc(F)c1F. The Kier molecular flexibility index (Phi) is 7.11. The molecule has 0 unspecified atom stereocenters. The molecule has 35 heavy (non-hydrogen) atoms. The minimum atomic E-state index is -1.33. The van der Waals surface area contributed by atoms with E-state index in [4.69, 9.17) is 10.5 Å². The normalized spacial score (nSPS) is 13.9. The van der Waals surface area contributed by atoms with Gasteiger partial charge in [0.25, 0.3) is 5.91 Å². The maximum absolute atomic E-state index is 14.0. The van der Waals surface area contributed by atoms with Gasteiger partial charge in [-0.1, -0.05) is 0 Å². The number of nitrogens with two attached hydrogens (primary N) is 1. The van der Waals surface area contributed by atoms with E-state index in [1.807, 2.05) is 0 Å². The highest BCUT2D eigenvalue weighted by atomic mass is 19.2. The van der Waals surface area contributed by atoms with Crippen molar-refractivity contribution in [1.29, 1.82) is 0 Å². The Bertz CT molecular complexity index is 1260. The van der Waals surface area contributed by atoms with Gasteiger partial charge in [0.2, 0.25) is 5.91 Å². The highest BCUT2D eigenvalue weighted by molar-refractivity contribution is 5.98. The molecule has 1 fully saturated rings. The van der Waals surface area contributed by atoms with E-state index in [2.05, 4.69) is 20.6 Å². The number of halogens is 3. The van der Waals surface area contributed by atoms with E-state index in [0.29, 0.717) is 37.3 Å². The number of benzene rings is 1. The number of amides is 2. The zero-order chi connectivity index (χ0) is 24.9. The lowest BCUT2D eigenvalue weighted by Gasteiger charge is -2.19. The van der Waals surface area contributed by atoms with Crippen LogP contribution in [0.5, 0.6) is 0 Å². The first-order chi connectivity index (χ1) is 16.8. The minimum Gasteiger partial charge on any atom is -0.380 e. The third kappa shape index (κ3) is 5.49. The molecular formula is C23H21F3N6O3. The third-order valence-electron chi connectivity index (χ3n) is 5.30. The molecule has 2 amide bonds. The number of anilines is 4. The van der Waals surface area contributed by atoms with Crippen LogP contribution in [0.4, 0.5) is 36.2 Å². The van der Waals surface area contributed by atoms with Crippen molar-refractivity contribution in [1.82, 2.24) is 9.97 Å². The molecule has 3 aromatic rings. The standard InChI is InChI=1S/C23H21F3N6O3/c24-16-2-3-17(25)22(26)14(16)11-28-18-9-20(30-12-15(18)23(27)34)31-19-4-1-13(10-29-19)32-6-8-35-7-5-21(32)33/h1-4,9-10,12H,5-8,11H2,(H2,27,34)(H2,28,29,30,31). The van der Waals surface area contributed by atoms with Gasteiger partial charge in [0, 0.05) is 30.9 Å². The summed E-state index contributed by atoms with van der Waals surface area (Å²) >= 11 is 0. The number of carbonyl (C=O) groups excluding carboxylic acids is 2. The molecule has 0 bridgehead atoms. The topological polar surface area (TPSA) is 122 Å². The first-order valence-corrected chi connectivity index (χ1v) is 10.6. The van der Waals surface area contributed by atoms with Gasteiger partial charge >= 0.3 is 0 Å². The van der Waals surface area contributed by atoms with Gasteiger partial charge in [-0.2, -0.15) is 0 Å². The summed E-state index contributed by atoms with van der Waals surface area (Å²) in [6.07, 6.45) is 3.00. The molecule has 0 atom stereocenters. The smallest absolute Gasteiger partial charge is 0.252 e. The van der Waals surface area contributed by atoms with Crippen molar-refractivity contribution >= 4 is 34.8 Å². The molecule has 12 heteroatoms. The van der Waals surface area contributed by atoms with E-state index in [9.17, 15) is 22.8 Å². The van der Waals surface area contributed by atoms with Crippen LogP contribution in [0, 0.1) is 17.5 Å². The second-order valence-electron chi connectivity index (χ2n) is 7.59. The lowest BCUT2D eigenvalue weighted by Crippen LogP contribution is -2.31. The van der Waals surface area contributed by atoms with Crippen molar-refractivity contribution in [3.05, 3.63) is 71.3 Å². The number of nitrogens with one attached hydrogen (secondary N) is 2. The first kappa shape index (κ1) is 24.0. The molecule has 9 nitrogen and oxygen atoms in total. The Hall–Kier alpha value is -4.19. The second-order valence-corrected chi connectivity index (χ2v) is 7.59. The van der Waals surface area contributed by atoms with Crippen molar-refractivity contribution in [2.45, 2.75) is 13.0 Å². The van der Waals surface area contributed by atoms with Crippen molar-refractivity contribution < 1.29 is 27.5 Å². The van der Waals surface area contributed by atoms with Crippen molar-refractivity contribution in [3.63, 3.8) is 0 Å². The minimum absolute atomic E-state index is 0.0297. The van der Waals surface area contributed by atoms with Gasteiger partial charge in [0.05, 0.1) is 42.8 Å². The molecular weight excluding hydrogens is 465 g/mol. The van der Waals surface area contributed by atoms with Crippen molar-refractivity contribution in [2.75, 3.05) is 35.3 Å². The van der Waals surface area contributed by atoms with Gasteiger partial charge in [0.1, 0.15) is 17.5 Å². The van der Waals surface area contributed by atoms with E-state index in [-0.39, 0.29) is 29.4 Å². The fourth-order valence-corrected chi connectivity index (χ4v) is 3.48. The second kappa shape index (κ2) is 10.4. The molecule has 0 saturated carbocycles. The number of hydrogen-bond donors (Lipinski definition) is 3. The Labute approximate surface area is 198 Å². The number of primary amides is 1. The summed E-state index contributed by atoms with van der Waals surface area (Å²) in [7, 11) is 0. The van der Waals surface area contributed by atoms with E-state index >= 15 is 0 Å². The number of hydrogen-bond acceptors (Lipinski definition) is 7. The van der Waals surface area contributed by atoms with Crippen LogP contribution in [-0.4, -0.2) is 41.5 Å². The van der Waals surface area contributed by atoms with Crippen LogP contribution in [-0.2, 0) is 16.1 Å². The molecule has 182 valence electrons. The van der Waals surface area contributed by atoms with E-state index in [1.54, 1.807) is 17.0 Å². The van der Waals surface area contributed by atoms with Gasteiger partial charge in [0.15, 0.2) is 11.6 Å². The summed E-state index contributed by atoms with van der Waals surface area (Å²) in [5.74, 6) is -3.71. The van der Waals surface area contributed by atoms with Crippen molar-refractivity contribution in [2.24, 2.45) is 5.73 Å². The fourth-order valence-electron chi connectivity index (χ4n) is 3.48. The lowest BCUT2D eigenvalue weighted by molar-refractivity contribution is -0.118. The number of aromatic nitrogens is 2. The molecule has 0 aliphatic carbocycles. The molecule has 1 aliphatic rings. The van der Waals surface area contributed by atoms with Crippen LogP contribution in [0.25, 0.3) is 0 Å². The molecule has 1 aromatic carbocycles. The summed E-state index contributed by atoms with van der Waals surface area (Å²) in [4.78, 5) is 34.0. The summed E-state index contributed by atoms with van der Waals surface area (Å²) in [6, 6.07) is 6.26. The van der Waals surface area contributed by atoms with Crippen LogP contribution in [0.15, 0.2) is 42.7 Å². The summed E-state index contributed by atoms with van der Waals surface area (Å²) in [6.45, 7) is 0.788. The Morgan fingerprint density at radius 3 is 2.57 bits per heavy atom. The summed E-state index contributed by atoms with van der Waals surface area (Å²) < 4.78 is 46.8. The molecule has 0 radical (unpaired) electrons. The number of pyridine rings is 2. The maximum Gasteiger partial charge on any atom is 0.252 e. The predicted octanol–water partition coefficient (Wildman–Crippen LogP) is 3.10. The van der Waals surface area contributed by atoms with Crippen LogP contribution in [0.1, 0.15) is 22.3 Å². The first-order valence-electron chi connectivity index (χ1n) is 10.6. The third-order valence-corrected chi connectivity index (χ3v) is 5.30. The van der Waals surface area contributed by atoms with Gasteiger partial charge in [-0.15, -0.1) is 0 Å². The largest absolute Gasteiger partial charge is 0.380 e. The van der Waals surface area contributed by atoms with E-state index in [0.717, 1.165) is 6.07 Å². The summed E-state index contributed by atoms with van der Waals surface area (Å²) in [5.41, 5.74) is 5.56. The average molecular weight is 486 g/mol. The highest BCUT2D eigenvalue weighted by Crippen LogP contribution is 2.24. The Balaban J connectivity index is 1.52. The zero-order valence-corrected chi connectivity index (χ0v) is 18.4. The summed E-state index contributed by atoms with van der Waals surface area (Å²) in [5, 5.41) is 5.65. The van der Waals surface area contributed by atoms with Crippen LogP contribution in [0.3, 0.4) is 0 Å². The van der Waals surface area contributed by atoms with Gasteiger partial charge in [-0.25, -0.2) is 23.1 Å². The Morgan fingerprint density at radius 2 is 1.83 bits per heavy atom. The molecule has 1 saturated heterocycles. The quantitative estimate of drug-likeness (QED) is 0.439. The van der Waals surface area contributed by atoms with Crippen LogP contribution < -0.4 is 21.3 Å². The van der Waals surface area contributed by atoms with E-state index < -0.39 is 35.5 Å². The molecule has 2 aromatic heterocycles. The monoisotopic (exact) mass is 486 g/mol. The molecule has 4 N–H and O–H groups in total. The fraction of sp³-hybridized carbons (Fsp3) is 0.217. The van der Waals surface area contributed by atoms with Gasteiger partial charge in [-0.3, -0.25) is 9.59 Å². The van der Waals surface area contributed by atoms with Gasteiger partial charge in [-0.05, 0) is 24.3 Å². The van der Waals surface area contributed by atoms with Crippen molar-refractivity contribution in [3.8, 4) is 0 Å². The molecule has 1 aliphatic heterocycles. The predicted molar refractivity (Wildman–Crippen MR) is 122 cm³/mol. The van der Waals surface area contributed by atoms with E-state index in [1.165, 1.54) is 18.5 Å². The number of rotatable bonds is 7. The number of ether oxygens (including phenoxy) is 1. The number of nitrogens with zero attached hydrogens (tertiary/aromatic N) is 3. The van der Waals surface area contributed by atoms with Gasteiger partial charge < -0.3 is 26.0 Å². The van der Waals surface area contributed by atoms with Crippen LogP contribution >= 0.6 is 0 Å². The number of carbonyl (C=O) groups is 2. The Morgan fingerprint density at radius 1 is 1.06 bits per heavy atom.